The number of ether oxygens (including phenoxy) is 1. The van der Waals surface area contributed by atoms with Crippen LogP contribution in [-0.4, -0.2) is 29.6 Å². The molecule has 0 saturated carbocycles. The van der Waals surface area contributed by atoms with E-state index in [-0.39, 0.29) is 11.8 Å². The maximum atomic E-state index is 11.6. The number of aliphatic hydroxyl groups excluding tert-OH is 1. The second-order valence-electron chi connectivity index (χ2n) is 6.02. The van der Waals surface area contributed by atoms with E-state index < -0.39 is 6.10 Å². The molecule has 0 rings (SSSR count). The van der Waals surface area contributed by atoms with Gasteiger partial charge in [-0.2, -0.15) is 0 Å². The highest BCUT2D eigenvalue weighted by molar-refractivity contribution is 5.99. The Bertz CT molecular complexity index is 486. The summed E-state index contributed by atoms with van der Waals surface area (Å²) in [5.41, 5.74) is 0. The van der Waals surface area contributed by atoms with Gasteiger partial charge in [0.15, 0.2) is 5.78 Å². The van der Waals surface area contributed by atoms with Crippen molar-refractivity contribution < 1.29 is 19.4 Å². The monoisotopic (exact) mass is 362 g/mol. The van der Waals surface area contributed by atoms with Crippen LogP contribution in [0.1, 0.15) is 65.2 Å². The maximum Gasteiger partial charge on any atom is 0.305 e. The van der Waals surface area contributed by atoms with Gasteiger partial charge in [0, 0.05) is 6.42 Å². The zero-order valence-corrected chi connectivity index (χ0v) is 16.2. The summed E-state index contributed by atoms with van der Waals surface area (Å²) >= 11 is 0. The first-order valence-electron chi connectivity index (χ1n) is 9.64. The molecule has 1 N–H and O–H groups in total. The van der Waals surface area contributed by atoms with Crippen molar-refractivity contribution in [3.05, 3.63) is 48.6 Å². The largest absolute Gasteiger partial charge is 0.466 e. The van der Waals surface area contributed by atoms with Crippen LogP contribution < -0.4 is 0 Å². The summed E-state index contributed by atoms with van der Waals surface area (Å²) in [5.74, 6) is -0.205. The van der Waals surface area contributed by atoms with E-state index in [4.69, 9.17) is 4.74 Å². The average Bonchev–Trinajstić information content (AvgIpc) is 2.61. The van der Waals surface area contributed by atoms with Crippen molar-refractivity contribution in [3.63, 3.8) is 0 Å². The molecule has 1 atom stereocenters. The fraction of sp³-hybridized carbons (Fsp3) is 0.545. The zero-order chi connectivity index (χ0) is 19.5. The predicted molar refractivity (Wildman–Crippen MR) is 107 cm³/mol. The van der Waals surface area contributed by atoms with Gasteiger partial charge in [-0.1, -0.05) is 56.2 Å². The molecule has 0 spiro atoms. The highest BCUT2D eigenvalue weighted by atomic mass is 16.5. The van der Waals surface area contributed by atoms with Crippen molar-refractivity contribution >= 4 is 11.8 Å². The van der Waals surface area contributed by atoms with E-state index in [1.54, 1.807) is 31.2 Å². The lowest BCUT2D eigenvalue weighted by Crippen LogP contribution is -2.02. The standard InChI is InChI=1S/C22H34O4/c1-3-5-6-7-10-15-20(23)17-13-14-18-21(24)16-11-8-9-12-19-22(25)26-4-2/h8,10-11,13-15,17-18,21,24H,3-7,9,12,16,19H2,1-2H3/b11-8-,15-10+,17-13+,18-14+. The van der Waals surface area contributed by atoms with Crippen molar-refractivity contribution in [2.75, 3.05) is 6.61 Å². The number of allylic oxidation sites excluding steroid dienone is 6. The second kappa shape index (κ2) is 17.9. The fourth-order valence-electron chi connectivity index (χ4n) is 2.14. The molecule has 0 aliphatic carbocycles. The zero-order valence-electron chi connectivity index (χ0n) is 16.2. The lowest BCUT2D eigenvalue weighted by Gasteiger charge is -2.00. The van der Waals surface area contributed by atoms with Crippen molar-refractivity contribution in [3.8, 4) is 0 Å². The number of hydrogen-bond donors (Lipinski definition) is 1. The fourth-order valence-corrected chi connectivity index (χ4v) is 2.14. The molecule has 4 nitrogen and oxygen atoms in total. The minimum absolute atomic E-state index is 0.0397. The molecule has 0 bridgehead atoms. The Kier molecular flexibility index (Phi) is 16.5. The molecule has 1 unspecified atom stereocenters. The van der Waals surface area contributed by atoms with Crippen LogP contribution in [0, 0.1) is 0 Å². The van der Waals surface area contributed by atoms with Crippen LogP contribution in [0.4, 0.5) is 0 Å². The van der Waals surface area contributed by atoms with Crippen molar-refractivity contribution in [2.24, 2.45) is 0 Å². The minimum Gasteiger partial charge on any atom is -0.466 e. The lowest BCUT2D eigenvalue weighted by atomic mass is 10.1. The second-order valence-corrected chi connectivity index (χ2v) is 6.02. The molecule has 0 fully saturated rings. The van der Waals surface area contributed by atoms with E-state index >= 15 is 0 Å². The molecule has 0 aromatic heterocycles. The third kappa shape index (κ3) is 16.9. The van der Waals surface area contributed by atoms with Crippen LogP contribution in [0.25, 0.3) is 0 Å². The molecular formula is C22H34O4. The first-order valence-corrected chi connectivity index (χ1v) is 9.64. The van der Waals surface area contributed by atoms with Crippen molar-refractivity contribution in [1.82, 2.24) is 0 Å². The van der Waals surface area contributed by atoms with Crippen LogP contribution in [0.15, 0.2) is 48.6 Å². The summed E-state index contributed by atoms with van der Waals surface area (Å²) in [6, 6.07) is 0. The number of ketones is 1. The highest BCUT2D eigenvalue weighted by Crippen LogP contribution is 2.02. The van der Waals surface area contributed by atoms with E-state index in [2.05, 4.69) is 6.92 Å². The van der Waals surface area contributed by atoms with Gasteiger partial charge in [-0.3, -0.25) is 9.59 Å². The average molecular weight is 363 g/mol. The van der Waals surface area contributed by atoms with Crippen LogP contribution in [0.5, 0.6) is 0 Å². The third-order valence-electron chi connectivity index (χ3n) is 3.56. The van der Waals surface area contributed by atoms with Gasteiger partial charge in [0.2, 0.25) is 0 Å². The molecule has 0 saturated heterocycles. The Morgan fingerprint density at radius 2 is 1.73 bits per heavy atom. The molecule has 0 aromatic carbocycles. The molecule has 4 heteroatoms. The third-order valence-corrected chi connectivity index (χ3v) is 3.56. The number of rotatable bonds is 15. The van der Waals surface area contributed by atoms with Gasteiger partial charge in [0.25, 0.3) is 0 Å². The van der Waals surface area contributed by atoms with Gasteiger partial charge in [-0.05, 0) is 51.2 Å². The van der Waals surface area contributed by atoms with Crippen LogP contribution in [0.2, 0.25) is 0 Å². The molecule has 0 aliphatic rings. The normalized spacial score (nSPS) is 13.3. The van der Waals surface area contributed by atoms with E-state index in [1.807, 2.05) is 18.2 Å². The molecular weight excluding hydrogens is 328 g/mol. The Morgan fingerprint density at radius 3 is 2.46 bits per heavy atom. The van der Waals surface area contributed by atoms with Gasteiger partial charge in [-0.25, -0.2) is 0 Å². The number of carbonyl (C=O) groups excluding carboxylic acids is 2. The number of carbonyl (C=O) groups is 2. The summed E-state index contributed by atoms with van der Waals surface area (Å²) in [7, 11) is 0. The van der Waals surface area contributed by atoms with Gasteiger partial charge < -0.3 is 9.84 Å². The van der Waals surface area contributed by atoms with Crippen LogP contribution in [0.3, 0.4) is 0 Å². The number of aliphatic hydroxyl groups is 1. The summed E-state index contributed by atoms with van der Waals surface area (Å²) < 4.78 is 4.85. The van der Waals surface area contributed by atoms with Crippen molar-refractivity contribution in [2.45, 2.75) is 71.3 Å². The Labute approximate surface area is 158 Å². The summed E-state index contributed by atoms with van der Waals surface area (Å²) in [5, 5.41) is 9.81. The van der Waals surface area contributed by atoms with Gasteiger partial charge >= 0.3 is 5.97 Å². The van der Waals surface area contributed by atoms with E-state index in [9.17, 15) is 14.7 Å². The topological polar surface area (TPSA) is 63.6 Å². The number of hydrogen-bond acceptors (Lipinski definition) is 4. The lowest BCUT2D eigenvalue weighted by molar-refractivity contribution is -0.143. The highest BCUT2D eigenvalue weighted by Gasteiger charge is 1.99. The first kappa shape index (κ1) is 24.1. The first-order chi connectivity index (χ1) is 12.6. The molecule has 26 heavy (non-hydrogen) atoms. The summed E-state index contributed by atoms with van der Waals surface area (Å²) in [6.07, 6.45) is 20.1. The molecule has 146 valence electrons. The van der Waals surface area contributed by atoms with Crippen LogP contribution >= 0.6 is 0 Å². The van der Waals surface area contributed by atoms with E-state index in [0.29, 0.717) is 19.4 Å². The Balaban J connectivity index is 3.84. The number of esters is 1. The quantitative estimate of drug-likeness (QED) is 0.149. The predicted octanol–water partition coefficient (Wildman–Crippen LogP) is 4.85. The number of unbranched alkanes of at least 4 members (excludes halogenated alkanes) is 4. The maximum absolute atomic E-state index is 11.6. The molecule has 0 radical (unpaired) electrons. The van der Waals surface area contributed by atoms with E-state index in [0.717, 1.165) is 25.7 Å². The van der Waals surface area contributed by atoms with Gasteiger partial charge in [0.1, 0.15) is 0 Å². The Hall–Kier alpha value is -1.94. The molecule has 0 aromatic rings. The van der Waals surface area contributed by atoms with Gasteiger partial charge in [-0.15, -0.1) is 0 Å². The smallest absolute Gasteiger partial charge is 0.305 e. The van der Waals surface area contributed by atoms with E-state index in [1.165, 1.54) is 18.9 Å². The molecule has 0 amide bonds. The SMILES string of the molecule is CCCCC/C=C/C(=O)/C=C/C=C/C(O)C/C=C\CCCC(=O)OCC. The minimum atomic E-state index is -0.583. The Morgan fingerprint density at radius 1 is 0.962 bits per heavy atom. The summed E-state index contributed by atoms with van der Waals surface area (Å²) in [6.45, 7) is 4.37. The van der Waals surface area contributed by atoms with Crippen molar-refractivity contribution in [1.29, 1.82) is 0 Å². The molecule has 0 heterocycles. The molecule has 0 aliphatic heterocycles. The van der Waals surface area contributed by atoms with Gasteiger partial charge in [0.05, 0.1) is 12.7 Å². The summed E-state index contributed by atoms with van der Waals surface area (Å²) in [4.78, 5) is 22.7. The van der Waals surface area contributed by atoms with Crippen LogP contribution in [-0.2, 0) is 14.3 Å².